The van der Waals surface area contributed by atoms with Gasteiger partial charge in [-0.3, -0.25) is 10.2 Å². The first-order valence-electron chi connectivity index (χ1n) is 8.81. The normalized spacial score (nSPS) is 21.0. The summed E-state index contributed by atoms with van der Waals surface area (Å²) in [7, 11) is 0. The highest BCUT2D eigenvalue weighted by Gasteiger charge is 2.20. The van der Waals surface area contributed by atoms with Crippen LogP contribution < -0.4 is 16.4 Å². The van der Waals surface area contributed by atoms with Crippen LogP contribution in [0, 0.1) is 5.41 Å². The zero-order chi connectivity index (χ0) is 18.2. The van der Waals surface area contributed by atoms with Crippen LogP contribution in [0.25, 0.3) is 0 Å². The van der Waals surface area contributed by atoms with E-state index >= 15 is 0 Å². The SMILES string of the molecule is CCCCC(N)=CC(=N)C(=O)Nc1ccc([C@H]2CNC[C@@H](C)O2)cc1. The van der Waals surface area contributed by atoms with Crippen LogP contribution >= 0.6 is 0 Å². The standard InChI is InChI=1S/C19H28N4O2/c1-3-4-5-15(20)10-17(21)19(24)23-16-8-6-14(7-9-16)18-12-22-11-13(2)25-18/h6-10,13,18,21-22H,3-5,11-12,20H2,1-2H3,(H,23,24)/t13-,18-/m1/s1. The number of unbranched alkanes of at least 4 members (excludes halogenated alkanes) is 1. The number of allylic oxidation sites excluding steroid dienone is 1. The summed E-state index contributed by atoms with van der Waals surface area (Å²) in [5, 5.41) is 13.9. The lowest BCUT2D eigenvalue weighted by Gasteiger charge is -2.29. The van der Waals surface area contributed by atoms with Crippen molar-refractivity contribution in [3.63, 3.8) is 0 Å². The quantitative estimate of drug-likeness (QED) is 0.571. The van der Waals surface area contributed by atoms with Gasteiger partial charge in [0.1, 0.15) is 5.71 Å². The molecule has 1 saturated heterocycles. The molecule has 136 valence electrons. The van der Waals surface area contributed by atoms with Gasteiger partial charge in [-0.1, -0.05) is 25.5 Å². The van der Waals surface area contributed by atoms with Gasteiger partial charge in [-0.05, 0) is 43.5 Å². The Morgan fingerprint density at radius 3 is 2.76 bits per heavy atom. The highest BCUT2D eigenvalue weighted by atomic mass is 16.5. The van der Waals surface area contributed by atoms with E-state index in [1.807, 2.05) is 31.2 Å². The molecule has 0 aromatic heterocycles. The first-order valence-corrected chi connectivity index (χ1v) is 8.81. The number of ether oxygens (including phenoxy) is 1. The minimum atomic E-state index is -0.462. The van der Waals surface area contributed by atoms with Crippen molar-refractivity contribution in [1.82, 2.24) is 5.32 Å². The molecule has 0 saturated carbocycles. The van der Waals surface area contributed by atoms with Gasteiger partial charge in [0.05, 0.1) is 12.2 Å². The van der Waals surface area contributed by atoms with E-state index in [2.05, 4.69) is 17.6 Å². The highest BCUT2D eigenvalue weighted by molar-refractivity contribution is 6.46. The van der Waals surface area contributed by atoms with E-state index in [1.54, 1.807) is 0 Å². The summed E-state index contributed by atoms with van der Waals surface area (Å²) in [5.74, 6) is -0.462. The van der Waals surface area contributed by atoms with Gasteiger partial charge in [-0.2, -0.15) is 0 Å². The molecule has 1 heterocycles. The molecule has 1 aliphatic heterocycles. The molecule has 0 bridgehead atoms. The third-order valence-electron chi connectivity index (χ3n) is 4.09. The zero-order valence-electron chi connectivity index (χ0n) is 15.0. The Labute approximate surface area is 149 Å². The zero-order valence-corrected chi connectivity index (χ0v) is 15.0. The molecular formula is C19H28N4O2. The average Bonchev–Trinajstić information content (AvgIpc) is 2.60. The average molecular weight is 344 g/mol. The Morgan fingerprint density at radius 2 is 2.12 bits per heavy atom. The van der Waals surface area contributed by atoms with E-state index in [4.69, 9.17) is 15.9 Å². The fourth-order valence-corrected chi connectivity index (χ4v) is 2.67. The van der Waals surface area contributed by atoms with E-state index in [0.717, 1.165) is 31.5 Å². The number of amides is 1. The molecule has 0 unspecified atom stereocenters. The van der Waals surface area contributed by atoms with E-state index in [0.29, 0.717) is 17.8 Å². The van der Waals surface area contributed by atoms with Crippen molar-refractivity contribution >= 4 is 17.3 Å². The van der Waals surface area contributed by atoms with E-state index < -0.39 is 5.91 Å². The number of morpholine rings is 1. The maximum atomic E-state index is 12.1. The number of nitrogens with one attached hydrogen (secondary N) is 3. The molecule has 0 spiro atoms. The van der Waals surface area contributed by atoms with Gasteiger partial charge in [0, 0.05) is 24.5 Å². The Kier molecular flexibility index (Phi) is 7.16. The van der Waals surface area contributed by atoms with Crippen molar-refractivity contribution < 1.29 is 9.53 Å². The summed E-state index contributed by atoms with van der Waals surface area (Å²) >= 11 is 0. The third kappa shape index (κ3) is 5.99. The Morgan fingerprint density at radius 1 is 1.40 bits per heavy atom. The maximum Gasteiger partial charge on any atom is 0.273 e. The number of hydrogen-bond donors (Lipinski definition) is 4. The van der Waals surface area contributed by atoms with E-state index in [1.165, 1.54) is 6.08 Å². The third-order valence-corrected chi connectivity index (χ3v) is 4.09. The lowest BCUT2D eigenvalue weighted by Crippen LogP contribution is -2.38. The summed E-state index contributed by atoms with van der Waals surface area (Å²) < 4.78 is 5.90. The van der Waals surface area contributed by atoms with Crippen LogP contribution in [0.3, 0.4) is 0 Å². The molecule has 0 aliphatic carbocycles. The minimum Gasteiger partial charge on any atom is -0.402 e. The summed E-state index contributed by atoms with van der Waals surface area (Å²) in [6.45, 7) is 5.76. The van der Waals surface area contributed by atoms with Gasteiger partial charge < -0.3 is 21.1 Å². The number of hydrogen-bond acceptors (Lipinski definition) is 5. The van der Waals surface area contributed by atoms with Crippen LogP contribution in [0.5, 0.6) is 0 Å². The molecule has 2 rings (SSSR count). The minimum absolute atomic E-state index is 0.0214. The van der Waals surface area contributed by atoms with Crippen LogP contribution in [0.15, 0.2) is 36.0 Å². The van der Waals surface area contributed by atoms with Gasteiger partial charge >= 0.3 is 0 Å². The van der Waals surface area contributed by atoms with Gasteiger partial charge in [0.25, 0.3) is 5.91 Å². The van der Waals surface area contributed by atoms with Gasteiger partial charge in [-0.25, -0.2) is 0 Å². The van der Waals surface area contributed by atoms with Gasteiger partial charge in [-0.15, -0.1) is 0 Å². The Hall–Kier alpha value is -2.18. The molecule has 6 heteroatoms. The van der Waals surface area contributed by atoms with Crippen molar-refractivity contribution in [3.05, 3.63) is 41.6 Å². The smallest absolute Gasteiger partial charge is 0.273 e. The predicted molar refractivity (Wildman–Crippen MR) is 101 cm³/mol. The van der Waals surface area contributed by atoms with Crippen LogP contribution in [-0.4, -0.2) is 30.8 Å². The molecule has 1 aromatic carbocycles. The molecule has 1 amide bonds. The van der Waals surface area contributed by atoms with Gasteiger partial charge in [0.2, 0.25) is 0 Å². The van der Waals surface area contributed by atoms with Crippen molar-refractivity contribution in [1.29, 1.82) is 5.41 Å². The van der Waals surface area contributed by atoms with Crippen molar-refractivity contribution in [2.24, 2.45) is 5.73 Å². The summed E-state index contributed by atoms with van der Waals surface area (Å²) in [6.07, 6.45) is 4.32. The topological polar surface area (TPSA) is 100 Å². The first-order chi connectivity index (χ1) is 12.0. The highest BCUT2D eigenvalue weighted by Crippen LogP contribution is 2.22. The number of carbonyl (C=O) groups excluding carboxylic acids is 1. The van der Waals surface area contributed by atoms with Crippen molar-refractivity contribution in [2.45, 2.75) is 45.3 Å². The molecule has 25 heavy (non-hydrogen) atoms. The van der Waals surface area contributed by atoms with E-state index in [-0.39, 0.29) is 17.9 Å². The van der Waals surface area contributed by atoms with Gasteiger partial charge in [0.15, 0.2) is 0 Å². The molecule has 2 atom stereocenters. The van der Waals surface area contributed by atoms with Crippen LogP contribution in [0.2, 0.25) is 0 Å². The predicted octanol–water partition coefficient (Wildman–Crippen LogP) is 2.73. The van der Waals surface area contributed by atoms with Crippen LogP contribution in [0.1, 0.15) is 44.8 Å². The maximum absolute atomic E-state index is 12.1. The Bertz CT molecular complexity index is 625. The second-order valence-electron chi connectivity index (χ2n) is 6.41. The molecule has 5 N–H and O–H groups in total. The first kappa shape index (κ1) is 19.1. The largest absolute Gasteiger partial charge is 0.402 e. The van der Waals surface area contributed by atoms with Crippen LogP contribution in [0.4, 0.5) is 5.69 Å². The number of benzene rings is 1. The fraction of sp³-hybridized carbons (Fsp3) is 0.474. The summed E-state index contributed by atoms with van der Waals surface area (Å²) in [4.78, 5) is 12.1. The van der Waals surface area contributed by atoms with Crippen LogP contribution in [-0.2, 0) is 9.53 Å². The molecule has 1 fully saturated rings. The second kappa shape index (κ2) is 9.34. The lowest BCUT2D eigenvalue weighted by atomic mass is 10.1. The lowest BCUT2D eigenvalue weighted by molar-refractivity contribution is -0.110. The fourth-order valence-electron chi connectivity index (χ4n) is 2.67. The summed E-state index contributed by atoms with van der Waals surface area (Å²) in [5.41, 5.74) is 7.97. The molecular weight excluding hydrogens is 316 g/mol. The monoisotopic (exact) mass is 344 g/mol. The Balaban J connectivity index is 1.91. The van der Waals surface area contributed by atoms with Crippen molar-refractivity contribution in [3.8, 4) is 0 Å². The molecule has 1 aromatic rings. The number of carbonyl (C=O) groups is 1. The number of nitrogens with two attached hydrogens (primary N) is 1. The number of rotatable bonds is 7. The molecule has 0 radical (unpaired) electrons. The molecule has 1 aliphatic rings. The van der Waals surface area contributed by atoms with E-state index in [9.17, 15) is 4.79 Å². The van der Waals surface area contributed by atoms with Crippen molar-refractivity contribution in [2.75, 3.05) is 18.4 Å². The number of anilines is 1. The second-order valence-corrected chi connectivity index (χ2v) is 6.41. The summed E-state index contributed by atoms with van der Waals surface area (Å²) in [6, 6.07) is 7.53. The molecule has 6 nitrogen and oxygen atoms in total.